The van der Waals surface area contributed by atoms with Crippen LogP contribution in [0.3, 0.4) is 0 Å². The lowest BCUT2D eigenvalue weighted by Gasteiger charge is -2.48. The lowest BCUT2D eigenvalue weighted by atomic mass is 9.73. The molecule has 0 aromatic heterocycles. The topological polar surface area (TPSA) is 23.5 Å². The summed E-state index contributed by atoms with van der Waals surface area (Å²) in [6.07, 6.45) is 5.68. The summed E-state index contributed by atoms with van der Waals surface area (Å²) in [5.74, 6) is 1.46. The molecule has 1 saturated heterocycles. The second kappa shape index (κ2) is 5.34. The molecule has 3 atom stereocenters. The molecule has 2 aliphatic rings. The quantitative estimate of drug-likeness (QED) is 0.762. The van der Waals surface area contributed by atoms with Crippen molar-refractivity contribution in [2.24, 2.45) is 11.8 Å². The van der Waals surface area contributed by atoms with Crippen LogP contribution in [0.4, 0.5) is 0 Å². The summed E-state index contributed by atoms with van der Waals surface area (Å²) in [6.45, 7) is 12.9. The van der Waals surface area contributed by atoms with E-state index in [1.54, 1.807) is 0 Å². The Morgan fingerprint density at radius 3 is 2.44 bits per heavy atom. The maximum absolute atomic E-state index is 10.7. The van der Waals surface area contributed by atoms with E-state index in [0.717, 1.165) is 38.3 Å². The molecule has 1 N–H and O–H groups in total. The third-order valence-electron chi connectivity index (χ3n) is 5.18. The van der Waals surface area contributed by atoms with E-state index in [-0.39, 0.29) is 0 Å². The van der Waals surface area contributed by atoms with Crippen molar-refractivity contribution in [3.63, 3.8) is 0 Å². The van der Waals surface area contributed by atoms with Crippen molar-refractivity contribution in [1.29, 1.82) is 0 Å². The first kappa shape index (κ1) is 14.1. The van der Waals surface area contributed by atoms with Crippen LogP contribution in [0, 0.1) is 11.8 Å². The Balaban J connectivity index is 2.04. The van der Waals surface area contributed by atoms with Crippen LogP contribution < -0.4 is 0 Å². The average Bonchev–Trinajstić information content (AvgIpc) is 2.30. The number of hydrogen-bond acceptors (Lipinski definition) is 2. The van der Waals surface area contributed by atoms with Gasteiger partial charge in [0.2, 0.25) is 0 Å². The van der Waals surface area contributed by atoms with Crippen molar-refractivity contribution >= 4 is 0 Å². The molecule has 0 radical (unpaired) electrons. The zero-order chi connectivity index (χ0) is 13.3. The van der Waals surface area contributed by atoms with Crippen molar-refractivity contribution < 1.29 is 5.11 Å². The smallest absolute Gasteiger partial charge is 0.0774 e. The maximum atomic E-state index is 10.7. The minimum Gasteiger partial charge on any atom is -0.389 e. The number of allylic oxidation sites excluding steroid dienone is 1. The van der Waals surface area contributed by atoms with Crippen LogP contribution in [0.1, 0.15) is 52.9 Å². The molecule has 0 bridgehead atoms. The SMILES string of the molecule is C=C(C)[C@@H]1CC[C@](C)(O)[C@@H](N2CCC(C)CC2)C1. The first-order valence-electron chi connectivity index (χ1n) is 7.52. The predicted molar refractivity (Wildman–Crippen MR) is 76.5 cm³/mol. The molecule has 0 unspecified atom stereocenters. The Morgan fingerprint density at radius 1 is 1.28 bits per heavy atom. The Morgan fingerprint density at radius 2 is 1.89 bits per heavy atom. The second-order valence-corrected chi connectivity index (χ2v) is 6.91. The standard InChI is InChI=1S/C16H29NO/c1-12(2)14-5-8-16(4,18)15(11-14)17-9-6-13(3)7-10-17/h13-15,18H,1,5-11H2,2-4H3/t14-,15+,16+/m1/s1. The van der Waals surface area contributed by atoms with Gasteiger partial charge in [-0.1, -0.05) is 19.1 Å². The van der Waals surface area contributed by atoms with Crippen LogP contribution in [-0.2, 0) is 0 Å². The average molecular weight is 251 g/mol. The highest BCUT2D eigenvalue weighted by molar-refractivity contribution is 5.05. The van der Waals surface area contributed by atoms with E-state index in [1.807, 2.05) is 6.92 Å². The minimum absolute atomic E-state index is 0.334. The molecule has 0 spiro atoms. The first-order chi connectivity index (χ1) is 8.40. The number of nitrogens with zero attached hydrogens (tertiary/aromatic N) is 1. The molecule has 1 saturated carbocycles. The highest BCUT2D eigenvalue weighted by Crippen LogP contribution is 2.39. The molecule has 18 heavy (non-hydrogen) atoms. The molecular weight excluding hydrogens is 222 g/mol. The highest BCUT2D eigenvalue weighted by atomic mass is 16.3. The molecule has 0 amide bonds. The number of piperidine rings is 1. The van der Waals surface area contributed by atoms with Gasteiger partial charge in [-0.25, -0.2) is 0 Å². The van der Waals surface area contributed by atoms with Crippen molar-refractivity contribution in [2.75, 3.05) is 13.1 Å². The van der Waals surface area contributed by atoms with Crippen LogP contribution in [0.2, 0.25) is 0 Å². The van der Waals surface area contributed by atoms with Crippen molar-refractivity contribution in [2.45, 2.75) is 64.5 Å². The summed E-state index contributed by atoms with van der Waals surface area (Å²) in [4.78, 5) is 2.54. The summed E-state index contributed by atoms with van der Waals surface area (Å²) < 4.78 is 0. The van der Waals surface area contributed by atoms with Crippen molar-refractivity contribution in [3.05, 3.63) is 12.2 Å². The van der Waals surface area contributed by atoms with E-state index in [0.29, 0.717) is 12.0 Å². The molecule has 0 aromatic carbocycles. The fourth-order valence-corrected chi connectivity index (χ4v) is 3.60. The van der Waals surface area contributed by atoms with E-state index < -0.39 is 5.60 Å². The number of aliphatic hydroxyl groups is 1. The summed E-state index contributed by atoms with van der Waals surface area (Å²) in [6, 6.07) is 0.334. The normalized spacial score (nSPS) is 39.8. The van der Waals surface area contributed by atoms with Gasteiger partial charge in [-0.2, -0.15) is 0 Å². The monoisotopic (exact) mass is 251 g/mol. The van der Waals surface area contributed by atoms with E-state index in [9.17, 15) is 5.11 Å². The van der Waals surface area contributed by atoms with Crippen LogP contribution in [0.5, 0.6) is 0 Å². The Bertz CT molecular complexity index is 302. The van der Waals surface area contributed by atoms with Gasteiger partial charge in [0.1, 0.15) is 0 Å². The zero-order valence-electron chi connectivity index (χ0n) is 12.3. The molecule has 1 aliphatic carbocycles. The van der Waals surface area contributed by atoms with Gasteiger partial charge in [0, 0.05) is 6.04 Å². The Hall–Kier alpha value is -0.340. The van der Waals surface area contributed by atoms with Gasteiger partial charge in [-0.3, -0.25) is 4.90 Å². The second-order valence-electron chi connectivity index (χ2n) is 6.91. The predicted octanol–water partition coefficient (Wildman–Crippen LogP) is 3.21. The highest BCUT2D eigenvalue weighted by Gasteiger charge is 2.42. The Kier molecular flexibility index (Phi) is 4.18. The van der Waals surface area contributed by atoms with Gasteiger partial charge >= 0.3 is 0 Å². The van der Waals surface area contributed by atoms with Crippen LogP contribution in [0.15, 0.2) is 12.2 Å². The van der Waals surface area contributed by atoms with Crippen molar-refractivity contribution in [1.82, 2.24) is 4.90 Å². The number of likely N-dealkylation sites (tertiary alicyclic amines) is 1. The van der Waals surface area contributed by atoms with Crippen LogP contribution in [-0.4, -0.2) is 34.7 Å². The molecule has 2 nitrogen and oxygen atoms in total. The van der Waals surface area contributed by atoms with Gasteiger partial charge in [-0.15, -0.1) is 0 Å². The maximum Gasteiger partial charge on any atom is 0.0774 e. The van der Waals surface area contributed by atoms with Crippen LogP contribution >= 0.6 is 0 Å². The molecular formula is C16H29NO. The van der Waals surface area contributed by atoms with Crippen LogP contribution in [0.25, 0.3) is 0 Å². The third-order valence-corrected chi connectivity index (χ3v) is 5.18. The molecule has 1 aliphatic heterocycles. The summed E-state index contributed by atoms with van der Waals surface area (Å²) >= 11 is 0. The fraction of sp³-hybridized carbons (Fsp3) is 0.875. The summed E-state index contributed by atoms with van der Waals surface area (Å²) in [5, 5.41) is 10.7. The Labute approximate surface area is 112 Å². The minimum atomic E-state index is -0.507. The molecule has 104 valence electrons. The van der Waals surface area contributed by atoms with E-state index in [4.69, 9.17) is 0 Å². The molecule has 2 heteroatoms. The summed E-state index contributed by atoms with van der Waals surface area (Å²) in [7, 11) is 0. The van der Waals surface area contributed by atoms with E-state index >= 15 is 0 Å². The molecule has 0 aromatic rings. The fourth-order valence-electron chi connectivity index (χ4n) is 3.60. The molecule has 1 heterocycles. The summed E-state index contributed by atoms with van der Waals surface area (Å²) in [5.41, 5.74) is 0.785. The lowest BCUT2D eigenvalue weighted by Crippen LogP contribution is -2.56. The van der Waals surface area contributed by atoms with Crippen molar-refractivity contribution in [3.8, 4) is 0 Å². The molecule has 2 rings (SSSR count). The van der Waals surface area contributed by atoms with E-state index in [1.165, 1.54) is 18.4 Å². The lowest BCUT2D eigenvalue weighted by molar-refractivity contribution is -0.0766. The third kappa shape index (κ3) is 2.97. The van der Waals surface area contributed by atoms with Gasteiger partial charge < -0.3 is 5.11 Å². The largest absolute Gasteiger partial charge is 0.389 e. The van der Waals surface area contributed by atoms with Gasteiger partial charge in [0.15, 0.2) is 0 Å². The van der Waals surface area contributed by atoms with Gasteiger partial charge in [0.05, 0.1) is 5.60 Å². The van der Waals surface area contributed by atoms with Gasteiger partial charge in [0.25, 0.3) is 0 Å². The number of rotatable bonds is 2. The molecule has 2 fully saturated rings. The number of hydrogen-bond donors (Lipinski definition) is 1. The zero-order valence-corrected chi connectivity index (χ0v) is 12.3. The van der Waals surface area contributed by atoms with E-state index in [2.05, 4.69) is 25.3 Å². The first-order valence-corrected chi connectivity index (χ1v) is 7.52. The van der Waals surface area contributed by atoms with Gasteiger partial charge in [-0.05, 0) is 70.9 Å².